The van der Waals surface area contributed by atoms with Crippen molar-refractivity contribution in [1.82, 2.24) is 4.31 Å². The number of sulfonamides is 1. The average Bonchev–Trinajstić information content (AvgIpc) is 2.79. The van der Waals surface area contributed by atoms with Crippen molar-refractivity contribution in [3.05, 3.63) is 21.1 Å². The molecule has 0 radical (unpaired) electrons. The van der Waals surface area contributed by atoms with E-state index in [2.05, 4.69) is 31.9 Å². The quantitative estimate of drug-likeness (QED) is 0.749. The minimum atomic E-state index is -3.60. The molecule has 1 saturated heterocycles. The molecule has 1 aliphatic heterocycles. The number of nitrogen functional groups attached to an aromatic ring is 1. The Kier molecular flexibility index (Phi) is 5.12. The third-order valence-corrected chi connectivity index (χ3v) is 6.87. The van der Waals surface area contributed by atoms with Crippen LogP contribution in [0.2, 0.25) is 0 Å². The van der Waals surface area contributed by atoms with Crippen molar-refractivity contribution in [2.75, 3.05) is 25.9 Å². The summed E-state index contributed by atoms with van der Waals surface area (Å²) in [6.07, 6.45) is 1.85. The lowest BCUT2D eigenvalue weighted by atomic mass is 10.2. The van der Waals surface area contributed by atoms with Crippen LogP contribution in [0.3, 0.4) is 0 Å². The molecule has 0 spiro atoms. The maximum absolute atomic E-state index is 12.6. The first-order valence-corrected chi connectivity index (χ1v) is 9.17. The van der Waals surface area contributed by atoms with Crippen LogP contribution >= 0.6 is 31.9 Å². The monoisotopic (exact) mass is 426 g/mol. The van der Waals surface area contributed by atoms with Crippen LogP contribution < -0.4 is 5.73 Å². The van der Waals surface area contributed by atoms with Gasteiger partial charge in [-0.2, -0.15) is 4.31 Å². The summed E-state index contributed by atoms with van der Waals surface area (Å²) in [5, 5.41) is 0. The van der Waals surface area contributed by atoms with E-state index < -0.39 is 10.0 Å². The van der Waals surface area contributed by atoms with E-state index in [9.17, 15) is 8.42 Å². The number of hydrogen-bond acceptors (Lipinski definition) is 4. The molecule has 1 aromatic rings. The van der Waals surface area contributed by atoms with Crippen molar-refractivity contribution in [2.24, 2.45) is 0 Å². The Morgan fingerprint density at radius 3 is 2.50 bits per heavy atom. The molecule has 5 nitrogen and oxygen atoms in total. The molecule has 0 aliphatic carbocycles. The SMILES string of the molecule is CN(CC1CCCO1)S(=O)(=O)c1c(Br)cc(N)cc1Br. The van der Waals surface area contributed by atoms with Gasteiger partial charge >= 0.3 is 0 Å². The van der Waals surface area contributed by atoms with Gasteiger partial charge in [-0.3, -0.25) is 0 Å². The van der Waals surface area contributed by atoms with Crippen LogP contribution in [0.5, 0.6) is 0 Å². The molecular formula is C12H16Br2N2O3S. The van der Waals surface area contributed by atoms with Crippen LogP contribution in [-0.4, -0.2) is 39.0 Å². The first-order valence-electron chi connectivity index (χ1n) is 6.15. The van der Waals surface area contributed by atoms with Gasteiger partial charge in [-0.05, 0) is 56.8 Å². The van der Waals surface area contributed by atoms with E-state index in [4.69, 9.17) is 10.5 Å². The first kappa shape index (κ1) is 16.2. The smallest absolute Gasteiger partial charge is 0.245 e. The Morgan fingerprint density at radius 1 is 1.40 bits per heavy atom. The summed E-state index contributed by atoms with van der Waals surface area (Å²) in [5.74, 6) is 0. The third kappa shape index (κ3) is 3.36. The summed E-state index contributed by atoms with van der Waals surface area (Å²) in [7, 11) is -2.04. The molecule has 0 bridgehead atoms. The van der Waals surface area contributed by atoms with Crippen LogP contribution in [0, 0.1) is 0 Å². The van der Waals surface area contributed by atoms with Crippen LogP contribution in [0.15, 0.2) is 26.0 Å². The fourth-order valence-electron chi connectivity index (χ4n) is 2.15. The Morgan fingerprint density at radius 2 is 2.00 bits per heavy atom. The van der Waals surface area contributed by atoms with Crippen molar-refractivity contribution in [1.29, 1.82) is 0 Å². The second-order valence-corrected chi connectivity index (χ2v) is 8.42. The van der Waals surface area contributed by atoms with Crippen LogP contribution in [-0.2, 0) is 14.8 Å². The zero-order valence-electron chi connectivity index (χ0n) is 11.0. The molecule has 0 amide bonds. The molecule has 1 aliphatic rings. The molecule has 20 heavy (non-hydrogen) atoms. The van der Waals surface area contributed by atoms with Gasteiger partial charge in [-0.1, -0.05) is 0 Å². The van der Waals surface area contributed by atoms with Gasteiger partial charge in [0.2, 0.25) is 10.0 Å². The minimum Gasteiger partial charge on any atom is -0.399 e. The minimum absolute atomic E-state index is 0.0268. The Bertz CT molecular complexity index is 578. The van der Waals surface area contributed by atoms with E-state index in [0.717, 1.165) is 12.8 Å². The maximum Gasteiger partial charge on any atom is 0.245 e. The van der Waals surface area contributed by atoms with E-state index in [1.165, 1.54) is 4.31 Å². The predicted molar refractivity (Wildman–Crippen MR) is 85.0 cm³/mol. The van der Waals surface area contributed by atoms with Crippen molar-refractivity contribution in [3.8, 4) is 0 Å². The van der Waals surface area contributed by atoms with Gasteiger partial charge < -0.3 is 10.5 Å². The standard InChI is InChI=1S/C12H16Br2N2O3S/c1-16(7-9-3-2-4-19-9)20(17,18)12-10(13)5-8(15)6-11(12)14/h5-6,9H,2-4,7,15H2,1H3. The molecule has 112 valence electrons. The van der Waals surface area contributed by atoms with Crippen LogP contribution in [0.1, 0.15) is 12.8 Å². The second kappa shape index (κ2) is 6.31. The molecule has 0 saturated carbocycles. The summed E-state index contributed by atoms with van der Waals surface area (Å²) in [6, 6.07) is 3.16. The van der Waals surface area contributed by atoms with E-state index in [1.54, 1.807) is 19.2 Å². The molecule has 1 heterocycles. The molecule has 2 rings (SSSR count). The number of benzene rings is 1. The van der Waals surface area contributed by atoms with E-state index in [1.807, 2.05) is 0 Å². The van der Waals surface area contributed by atoms with Gasteiger partial charge in [-0.15, -0.1) is 0 Å². The van der Waals surface area contributed by atoms with E-state index in [-0.39, 0.29) is 11.0 Å². The van der Waals surface area contributed by atoms with Gasteiger partial charge in [0.05, 0.1) is 6.10 Å². The molecular weight excluding hydrogens is 412 g/mol. The van der Waals surface area contributed by atoms with Crippen LogP contribution in [0.25, 0.3) is 0 Å². The molecule has 8 heteroatoms. The third-order valence-electron chi connectivity index (χ3n) is 3.17. The predicted octanol–water partition coefficient (Wildman–Crippen LogP) is 2.59. The largest absolute Gasteiger partial charge is 0.399 e. The highest BCUT2D eigenvalue weighted by atomic mass is 79.9. The topological polar surface area (TPSA) is 72.6 Å². The molecule has 1 aromatic carbocycles. The number of nitrogens with two attached hydrogens (primary N) is 1. The molecule has 2 N–H and O–H groups in total. The van der Waals surface area contributed by atoms with Crippen molar-refractivity contribution in [2.45, 2.75) is 23.8 Å². The number of halogens is 2. The van der Waals surface area contributed by atoms with Gasteiger partial charge in [0.15, 0.2) is 0 Å². The summed E-state index contributed by atoms with van der Waals surface area (Å²) < 4.78 is 33.0. The lowest BCUT2D eigenvalue weighted by Gasteiger charge is -2.22. The summed E-state index contributed by atoms with van der Waals surface area (Å²) in [5.41, 5.74) is 6.18. The number of nitrogens with zero attached hydrogens (tertiary/aromatic N) is 1. The molecule has 1 fully saturated rings. The van der Waals surface area contributed by atoms with Crippen LogP contribution in [0.4, 0.5) is 5.69 Å². The fourth-order valence-corrected chi connectivity index (χ4v) is 5.89. The Balaban J connectivity index is 2.29. The van der Waals surface area contributed by atoms with Gasteiger partial charge in [0, 0.05) is 34.8 Å². The second-order valence-electron chi connectivity index (χ2n) is 4.73. The van der Waals surface area contributed by atoms with Gasteiger partial charge in [-0.25, -0.2) is 8.42 Å². The number of ether oxygens (including phenoxy) is 1. The average molecular weight is 428 g/mol. The number of likely N-dealkylation sites (N-methyl/N-ethyl adjacent to an activating group) is 1. The van der Waals surface area contributed by atoms with Gasteiger partial charge in [0.1, 0.15) is 4.90 Å². The summed E-state index contributed by atoms with van der Waals surface area (Å²) in [6.45, 7) is 1.05. The maximum atomic E-state index is 12.6. The summed E-state index contributed by atoms with van der Waals surface area (Å²) in [4.78, 5) is 0.187. The Hall–Kier alpha value is -0.150. The zero-order valence-corrected chi connectivity index (χ0v) is 15.0. The zero-order chi connectivity index (χ0) is 14.9. The lowest BCUT2D eigenvalue weighted by Crippen LogP contribution is -2.34. The molecule has 1 unspecified atom stereocenters. The lowest BCUT2D eigenvalue weighted by molar-refractivity contribution is 0.0979. The van der Waals surface area contributed by atoms with Crippen molar-refractivity contribution in [3.63, 3.8) is 0 Å². The van der Waals surface area contributed by atoms with E-state index >= 15 is 0 Å². The fraction of sp³-hybridized carbons (Fsp3) is 0.500. The number of anilines is 1. The molecule has 1 atom stereocenters. The van der Waals surface area contributed by atoms with Crippen molar-refractivity contribution >= 4 is 47.6 Å². The normalized spacial score (nSPS) is 19.7. The number of hydrogen-bond donors (Lipinski definition) is 1. The van der Waals surface area contributed by atoms with Gasteiger partial charge in [0.25, 0.3) is 0 Å². The highest BCUT2D eigenvalue weighted by molar-refractivity contribution is 9.11. The first-order chi connectivity index (χ1) is 9.32. The molecule has 0 aromatic heterocycles. The van der Waals surface area contributed by atoms with E-state index in [0.29, 0.717) is 27.8 Å². The summed E-state index contributed by atoms with van der Waals surface area (Å²) >= 11 is 6.54. The number of rotatable bonds is 4. The van der Waals surface area contributed by atoms with Crippen molar-refractivity contribution < 1.29 is 13.2 Å². The highest BCUT2D eigenvalue weighted by Gasteiger charge is 2.29. The highest BCUT2D eigenvalue weighted by Crippen LogP contribution is 2.34. The Labute approximate surface area is 135 Å².